The van der Waals surface area contributed by atoms with Gasteiger partial charge in [0.15, 0.2) is 0 Å². The number of benzene rings is 1. The van der Waals surface area contributed by atoms with Crippen molar-refractivity contribution in [3.63, 3.8) is 0 Å². The van der Waals surface area contributed by atoms with Crippen molar-refractivity contribution < 1.29 is 9.90 Å². The molecule has 2 aliphatic heterocycles. The summed E-state index contributed by atoms with van der Waals surface area (Å²) in [6.45, 7) is 5.47. The molecule has 138 valence electrons. The van der Waals surface area contributed by atoms with E-state index in [-0.39, 0.29) is 5.91 Å². The Kier molecular flexibility index (Phi) is 6.70. The highest BCUT2D eigenvalue weighted by Gasteiger charge is 2.20. The summed E-state index contributed by atoms with van der Waals surface area (Å²) in [7, 11) is 0. The van der Waals surface area contributed by atoms with E-state index in [1.54, 1.807) is 0 Å². The monoisotopic (exact) mass is 345 g/mol. The molecule has 2 saturated heterocycles. The molecule has 2 fully saturated rings. The van der Waals surface area contributed by atoms with Gasteiger partial charge in [0.05, 0.1) is 6.54 Å². The number of hydrogen-bond donors (Lipinski definition) is 2. The minimum absolute atomic E-state index is 0.207. The third kappa shape index (κ3) is 5.19. The summed E-state index contributed by atoms with van der Waals surface area (Å²) in [6.07, 6.45) is 5.64. The molecule has 3 rings (SSSR count). The van der Waals surface area contributed by atoms with Crippen LogP contribution in [0.4, 0.5) is 5.69 Å². The Labute approximate surface area is 151 Å². The van der Waals surface area contributed by atoms with Gasteiger partial charge in [-0.3, -0.25) is 9.69 Å². The van der Waals surface area contributed by atoms with Crippen LogP contribution in [0.25, 0.3) is 0 Å². The maximum absolute atomic E-state index is 12.4. The van der Waals surface area contributed by atoms with Crippen LogP contribution in [0.3, 0.4) is 0 Å². The van der Waals surface area contributed by atoms with Crippen molar-refractivity contribution in [2.45, 2.75) is 38.6 Å². The molecule has 0 aromatic heterocycles. The van der Waals surface area contributed by atoms with Crippen LogP contribution in [-0.4, -0.2) is 60.1 Å². The van der Waals surface area contributed by atoms with Gasteiger partial charge in [-0.2, -0.15) is 0 Å². The molecule has 2 aliphatic rings. The quantitative estimate of drug-likeness (QED) is 0.831. The number of rotatable bonds is 6. The fraction of sp³-hybridized carbons (Fsp3) is 0.650. The van der Waals surface area contributed by atoms with E-state index in [1.807, 2.05) is 11.0 Å². The zero-order chi connectivity index (χ0) is 17.5. The van der Waals surface area contributed by atoms with Crippen LogP contribution in [0.2, 0.25) is 0 Å². The first-order valence-corrected chi connectivity index (χ1v) is 9.69. The standard InChI is InChI=1S/C20H31N3O2/c24-16-17-8-12-22(13-9-17)15-18-6-2-3-7-19(18)21-14-20(25)23-10-4-1-5-11-23/h2-3,6-7,17,21,24H,1,4-5,8-16H2. The zero-order valence-corrected chi connectivity index (χ0v) is 15.1. The average Bonchev–Trinajstić information content (AvgIpc) is 2.68. The summed E-state index contributed by atoms with van der Waals surface area (Å²) in [5, 5.41) is 12.6. The summed E-state index contributed by atoms with van der Waals surface area (Å²) >= 11 is 0. The number of likely N-dealkylation sites (tertiary alicyclic amines) is 2. The second kappa shape index (κ2) is 9.20. The molecule has 2 N–H and O–H groups in total. The number of para-hydroxylation sites is 1. The molecule has 0 spiro atoms. The number of nitrogens with zero attached hydrogens (tertiary/aromatic N) is 2. The van der Waals surface area contributed by atoms with Crippen molar-refractivity contribution >= 4 is 11.6 Å². The highest BCUT2D eigenvalue weighted by atomic mass is 16.3. The summed E-state index contributed by atoms with van der Waals surface area (Å²) in [4.78, 5) is 16.8. The predicted molar refractivity (Wildman–Crippen MR) is 100 cm³/mol. The highest BCUT2D eigenvalue weighted by molar-refractivity contribution is 5.81. The molecule has 0 saturated carbocycles. The normalized spacial score (nSPS) is 19.8. The molecule has 1 aromatic rings. The first-order chi connectivity index (χ1) is 12.3. The number of hydrogen-bond acceptors (Lipinski definition) is 4. The van der Waals surface area contributed by atoms with Crippen molar-refractivity contribution in [2.24, 2.45) is 5.92 Å². The van der Waals surface area contributed by atoms with Gasteiger partial charge in [-0.05, 0) is 62.7 Å². The molecule has 0 unspecified atom stereocenters. The molecular weight excluding hydrogens is 314 g/mol. The number of aliphatic hydroxyl groups is 1. The van der Waals surface area contributed by atoms with Gasteiger partial charge in [0.1, 0.15) is 0 Å². The van der Waals surface area contributed by atoms with E-state index in [9.17, 15) is 9.90 Å². The third-order valence-corrected chi connectivity index (χ3v) is 5.52. The van der Waals surface area contributed by atoms with Gasteiger partial charge < -0.3 is 15.3 Å². The first-order valence-electron chi connectivity index (χ1n) is 9.69. The molecule has 2 heterocycles. The Morgan fingerprint density at radius 1 is 1.08 bits per heavy atom. The molecule has 1 aromatic carbocycles. The number of anilines is 1. The van der Waals surface area contributed by atoms with Gasteiger partial charge >= 0.3 is 0 Å². The fourth-order valence-electron chi connectivity index (χ4n) is 3.82. The summed E-state index contributed by atoms with van der Waals surface area (Å²) < 4.78 is 0. The Morgan fingerprint density at radius 3 is 2.52 bits per heavy atom. The molecule has 1 amide bonds. The maximum atomic E-state index is 12.4. The lowest BCUT2D eigenvalue weighted by Crippen LogP contribution is -2.39. The predicted octanol–water partition coefficient (Wildman–Crippen LogP) is 2.32. The second-order valence-corrected chi connectivity index (χ2v) is 7.35. The van der Waals surface area contributed by atoms with Crippen LogP contribution < -0.4 is 5.32 Å². The molecule has 0 atom stereocenters. The summed E-state index contributed by atoms with van der Waals surface area (Å²) in [5.74, 6) is 0.671. The molecule has 25 heavy (non-hydrogen) atoms. The summed E-state index contributed by atoms with van der Waals surface area (Å²) in [5.41, 5.74) is 2.31. The lowest BCUT2D eigenvalue weighted by molar-refractivity contribution is -0.130. The Bertz CT molecular complexity index is 550. The smallest absolute Gasteiger partial charge is 0.241 e. The molecule has 0 bridgehead atoms. The van der Waals surface area contributed by atoms with Gasteiger partial charge in [-0.15, -0.1) is 0 Å². The van der Waals surface area contributed by atoms with E-state index in [4.69, 9.17) is 0 Å². The van der Waals surface area contributed by atoms with Crippen LogP contribution in [0.5, 0.6) is 0 Å². The molecular formula is C20H31N3O2. The average molecular weight is 345 g/mol. The topological polar surface area (TPSA) is 55.8 Å². The Morgan fingerprint density at radius 2 is 1.80 bits per heavy atom. The largest absolute Gasteiger partial charge is 0.396 e. The van der Waals surface area contributed by atoms with E-state index >= 15 is 0 Å². The van der Waals surface area contributed by atoms with Gasteiger partial charge in [0.25, 0.3) is 0 Å². The van der Waals surface area contributed by atoms with Crippen LogP contribution in [0.1, 0.15) is 37.7 Å². The molecule has 0 aliphatic carbocycles. The molecule has 0 radical (unpaired) electrons. The number of piperidine rings is 2. The van der Waals surface area contributed by atoms with E-state index in [1.165, 1.54) is 12.0 Å². The molecule has 5 nitrogen and oxygen atoms in total. The van der Waals surface area contributed by atoms with Crippen molar-refractivity contribution in [3.05, 3.63) is 29.8 Å². The van der Waals surface area contributed by atoms with Crippen molar-refractivity contribution in [1.29, 1.82) is 0 Å². The van der Waals surface area contributed by atoms with Gasteiger partial charge in [-0.1, -0.05) is 18.2 Å². The summed E-state index contributed by atoms with van der Waals surface area (Å²) in [6, 6.07) is 8.30. The number of aliphatic hydroxyl groups excluding tert-OH is 1. The first kappa shape index (κ1) is 18.2. The van der Waals surface area contributed by atoms with Crippen LogP contribution in [0, 0.1) is 5.92 Å². The van der Waals surface area contributed by atoms with E-state index in [0.29, 0.717) is 19.1 Å². The Hall–Kier alpha value is -1.59. The van der Waals surface area contributed by atoms with Gasteiger partial charge in [0.2, 0.25) is 5.91 Å². The second-order valence-electron chi connectivity index (χ2n) is 7.35. The zero-order valence-electron chi connectivity index (χ0n) is 15.1. The highest BCUT2D eigenvalue weighted by Crippen LogP contribution is 2.22. The van der Waals surface area contributed by atoms with Crippen LogP contribution in [0.15, 0.2) is 24.3 Å². The lowest BCUT2D eigenvalue weighted by Gasteiger charge is -2.31. The van der Waals surface area contributed by atoms with Crippen molar-refractivity contribution in [3.8, 4) is 0 Å². The minimum atomic E-state index is 0.207. The van der Waals surface area contributed by atoms with Crippen LogP contribution in [-0.2, 0) is 11.3 Å². The lowest BCUT2D eigenvalue weighted by atomic mass is 9.97. The Balaban J connectivity index is 1.53. The molecule has 5 heteroatoms. The fourth-order valence-corrected chi connectivity index (χ4v) is 3.82. The van der Waals surface area contributed by atoms with Gasteiger partial charge in [0, 0.05) is 31.9 Å². The van der Waals surface area contributed by atoms with Crippen LogP contribution >= 0.6 is 0 Å². The minimum Gasteiger partial charge on any atom is -0.396 e. The third-order valence-electron chi connectivity index (χ3n) is 5.52. The number of nitrogens with one attached hydrogen (secondary N) is 1. The van der Waals surface area contributed by atoms with Crippen molar-refractivity contribution in [2.75, 3.05) is 44.6 Å². The van der Waals surface area contributed by atoms with E-state index in [0.717, 1.165) is 64.1 Å². The SMILES string of the molecule is O=C(CNc1ccccc1CN1CCC(CO)CC1)N1CCCCC1. The van der Waals surface area contributed by atoms with E-state index < -0.39 is 0 Å². The van der Waals surface area contributed by atoms with Crippen molar-refractivity contribution in [1.82, 2.24) is 9.80 Å². The maximum Gasteiger partial charge on any atom is 0.241 e. The van der Waals surface area contributed by atoms with E-state index in [2.05, 4.69) is 28.4 Å². The number of amides is 1. The number of carbonyl (C=O) groups excluding carboxylic acids is 1. The number of carbonyl (C=O) groups is 1. The van der Waals surface area contributed by atoms with Gasteiger partial charge in [-0.25, -0.2) is 0 Å².